The van der Waals surface area contributed by atoms with Gasteiger partial charge in [-0.3, -0.25) is 0 Å². The Morgan fingerprint density at radius 3 is 2.62 bits per heavy atom. The molecule has 0 aliphatic carbocycles. The first-order valence-corrected chi connectivity index (χ1v) is 7.86. The third-order valence-electron chi connectivity index (χ3n) is 3.94. The molecule has 0 saturated heterocycles. The van der Waals surface area contributed by atoms with Gasteiger partial charge in [0.05, 0.1) is 19.1 Å². The van der Waals surface area contributed by atoms with Crippen molar-refractivity contribution in [2.75, 3.05) is 13.7 Å². The fourth-order valence-corrected chi connectivity index (χ4v) is 2.86. The summed E-state index contributed by atoms with van der Waals surface area (Å²) in [6.07, 6.45) is 0. The molecule has 5 nitrogen and oxygen atoms in total. The Morgan fingerprint density at radius 2 is 1.88 bits per heavy atom. The second-order valence-electron chi connectivity index (χ2n) is 5.41. The number of aromatic nitrogens is 2. The average molecular weight is 319 g/mol. The monoisotopic (exact) mass is 319 g/mol. The summed E-state index contributed by atoms with van der Waals surface area (Å²) in [4.78, 5) is 0. The number of nitrogens with zero attached hydrogens (tertiary/aromatic N) is 3. The topological polar surface area (TPSA) is 50.8 Å². The minimum absolute atomic E-state index is 0.594. The summed E-state index contributed by atoms with van der Waals surface area (Å²) in [5.41, 5.74) is 2.59. The van der Waals surface area contributed by atoms with Gasteiger partial charge in [0, 0.05) is 11.2 Å². The highest BCUT2D eigenvalue weighted by Gasteiger charge is 2.16. The summed E-state index contributed by atoms with van der Waals surface area (Å²) in [6.45, 7) is 2.57. The van der Waals surface area contributed by atoms with Crippen LogP contribution in [0.3, 0.4) is 0 Å². The van der Waals surface area contributed by atoms with Gasteiger partial charge < -0.3 is 9.47 Å². The van der Waals surface area contributed by atoms with Crippen molar-refractivity contribution in [1.82, 2.24) is 5.10 Å². The summed E-state index contributed by atoms with van der Waals surface area (Å²) >= 11 is 0. The van der Waals surface area contributed by atoms with Crippen molar-refractivity contribution in [1.29, 1.82) is 0 Å². The third kappa shape index (κ3) is 2.34. The predicted molar refractivity (Wildman–Crippen MR) is 92.2 cm³/mol. The van der Waals surface area contributed by atoms with Gasteiger partial charge in [0.15, 0.2) is 5.75 Å². The molecular formula is C19H17N3O2. The lowest BCUT2D eigenvalue weighted by molar-refractivity contribution is -0.581. The van der Waals surface area contributed by atoms with Gasteiger partial charge >= 0.3 is 0 Å². The molecule has 0 saturated carbocycles. The van der Waals surface area contributed by atoms with Gasteiger partial charge in [0.2, 0.25) is 0 Å². The van der Waals surface area contributed by atoms with Crippen LogP contribution in [0.1, 0.15) is 6.92 Å². The molecule has 24 heavy (non-hydrogen) atoms. The van der Waals surface area contributed by atoms with Gasteiger partial charge in [0.1, 0.15) is 5.75 Å². The minimum Gasteiger partial charge on any atom is -0.497 e. The maximum Gasteiger partial charge on any atom is 0.276 e. The van der Waals surface area contributed by atoms with Crippen molar-refractivity contribution in [3.63, 3.8) is 0 Å². The number of benzene rings is 3. The minimum atomic E-state index is 0.594. The van der Waals surface area contributed by atoms with Gasteiger partial charge in [-0.25, -0.2) is 0 Å². The van der Waals surface area contributed by atoms with Crippen molar-refractivity contribution >= 4 is 27.5 Å². The van der Waals surface area contributed by atoms with Crippen molar-refractivity contribution in [3.05, 3.63) is 54.6 Å². The van der Waals surface area contributed by atoms with Crippen LogP contribution in [0.15, 0.2) is 59.7 Å². The molecule has 4 rings (SSSR count). The van der Waals surface area contributed by atoms with E-state index in [0.29, 0.717) is 6.61 Å². The second-order valence-corrected chi connectivity index (χ2v) is 5.41. The highest BCUT2D eigenvalue weighted by molar-refractivity contribution is 6.07. The Kier molecular flexibility index (Phi) is 3.54. The van der Waals surface area contributed by atoms with E-state index >= 15 is 0 Å². The molecule has 120 valence electrons. The van der Waals surface area contributed by atoms with E-state index in [9.17, 15) is 0 Å². The molecule has 1 heterocycles. The van der Waals surface area contributed by atoms with Crippen LogP contribution in [0.2, 0.25) is 0 Å². The molecule has 0 amide bonds. The SMILES string of the molecule is CCOc1ccc2cccc3[n-][n+](=Nc4ccc(OC)cc4)c1c23. The van der Waals surface area contributed by atoms with Crippen LogP contribution >= 0.6 is 0 Å². The molecule has 0 bridgehead atoms. The zero-order valence-corrected chi connectivity index (χ0v) is 13.6. The van der Waals surface area contributed by atoms with Gasteiger partial charge in [-0.1, -0.05) is 36.4 Å². The molecule has 3 aromatic carbocycles. The average Bonchev–Trinajstić information content (AvgIpc) is 2.98. The van der Waals surface area contributed by atoms with Gasteiger partial charge in [-0.15, -0.1) is 4.48 Å². The fourth-order valence-electron chi connectivity index (χ4n) is 2.86. The molecule has 0 atom stereocenters. The normalized spacial score (nSPS) is 12.2. The largest absolute Gasteiger partial charge is 0.497 e. The second kappa shape index (κ2) is 5.85. The Bertz CT molecular complexity index is 1050. The first-order chi connectivity index (χ1) is 11.8. The zero-order valence-electron chi connectivity index (χ0n) is 13.6. The molecule has 1 aromatic heterocycles. The Hall–Kier alpha value is -3.08. The first-order valence-electron chi connectivity index (χ1n) is 7.86. The molecule has 0 unspecified atom stereocenters. The molecule has 0 fully saturated rings. The van der Waals surface area contributed by atoms with E-state index in [1.54, 1.807) is 11.6 Å². The highest BCUT2D eigenvalue weighted by Crippen LogP contribution is 2.30. The molecule has 4 aromatic rings. The summed E-state index contributed by atoms with van der Waals surface area (Å²) in [5, 5.41) is 11.5. The maximum absolute atomic E-state index is 5.79. The van der Waals surface area contributed by atoms with E-state index in [-0.39, 0.29) is 0 Å². The van der Waals surface area contributed by atoms with Crippen LogP contribution in [0, 0.1) is 0 Å². The van der Waals surface area contributed by atoms with Crippen LogP contribution in [-0.4, -0.2) is 13.7 Å². The van der Waals surface area contributed by atoms with Crippen LogP contribution in [0.25, 0.3) is 21.8 Å². The molecule has 0 aliphatic rings. The number of ether oxygens (including phenoxy) is 2. The Morgan fingerprint density at radius 1 is 1.04 bits per heavy atom. The lowest BCUT2D eigenvalue weighted by Crippen LogP contribution is -2.20. The van der Waals surface area contributed by atoms with Gasteiger partial charge in [0.25, 0.3) is 5.52 Å². The van der Waals surface area contributed by atoms with Crippen LogP contribution in [0.4, 0.5) is 5.69 Å². The molecule has 0 aliphatic heterocycles. The molecular weight excluding hydrogens is 302 g/mol. The smallest absolute Gasteiger partial charge is 0.276 e. The maximum atomic E-state index is 5.79. The van der Waals surface area contributed by atoms with E-state index in [1.165, 1.54) is 0 Å². The van der Waals surface area contributed by atoms with Gasteiger partial charge in [-0.05, 0) is 30.5 Å². The van der Waals surface area contributed by atoms with Gasteiger partial charge in [-0.2, -0.15) is 10.2 Å². The number of hydrogen-bond donors (Lipinski definition) is 0. The highest BCUT2D eigenvalue weighted by atomic mass is 16.5. The summed E-state index contributed by atoms with van der Waals surface area (Å²) < 4.78 is 12.6. The standard InChI is InChI=1S/C19H17N3O2/c1-3-24-17-12-7-13-5-4-6-16-18(13)19(17)22(21-16)20-14-8-10-15(23-2)11-9-14/h4-12H,3H2,1-2H3. The summed E-state index contributed by atoms with van der Waals surface area (Å²) in [5.74, 6) is 1.59. The predicted octanol–water partition coefficient (Wildman–Crippen LogP) is 3.73. The zero-order chi connectivity index (χ0) is 16.5. The summed E-state index contributed by atoms with van der Waals surface area (Å²) in [7, 11) is 1.65. The molecule has 5 heteroatoms. The molecule has 0 radical (unpaired) electrons. The Labute approximate surface area is 139 Å². The fraction of sp³-hybridized carbons (Fsp3) is 0.158. The van der Waals surface area contributed by atoms with E-state index in [2.05, 4.69) is 22.3 Å². The van der Waals surface area contributed by atoms with Crippen molar-refractivity contribution in [2.24, 2.45) is 5.11 Å². The first kappa shape index (κ1) is 14.5. The Balaban J connectivity index is 2.00. The van der Waals surface area contributed by atoms with E-state index < -0.39 is 0 Å². The van der Waals surface area contributed by atoms with E-state index in [0.717, 1.165) is 39.0 Å². The molecule has 0 N–H and O–H groups in total. The number of methoxy groups -OCH3 is 1. The number of hydrogen-bond acceptors (Lipinski definition) is 3. The van der Waals surface area contributed by atoms with Crippen molar-refractivity contribution < 1.29 is 14.0 Å². The number of rotatable bonds is 4. The third-order valence-corrected chi connectivity index (χ3v) is 3.94. The van der Waals surface area contributed by atoms with Crippen LogP contribution < -0.4 is 19.1 Å². The summed E-state index contributed by atoms with van der Waals surface area (Å²) in [6, 6.07) is 17.7. The lowest BCUT2D eigenvalue weighted by atomic mass is 10.1. The van der Waals surface area contributed by atoms with Crippen molar-refractivity contribution in [3.8, 4) is 11.5 Å². The lowest BCUT2D eigenvalue weighted by Gasteiger charge is -2.03. The quantitative estimate of drug-likeness (QED) is 0.539. The van der Waals surface area contributed by atoms with Crippen LogP contribution in [0.5, 0.6) is 11.5 Å². The molecule has 0 spiro atoms. The van der Waals surface area contributed by atoms with Crippen LogP contribution in [-0.2, 0) is 0 Å². The van der Waals surface area contributed by atoms with E-state index in [4.69, 9.17) is 9.47 Å². The van der Waals surface area contributed by atoms with E-state index in [1.807, 2.05) is 49.4 Å². The van der Waals surface area contributed by atoms with Crippen molar-refractivity contribution in [2.45, 2.75) is 6.92 Å².